The number of benzene rings is 6. The van der Waals surface area contributed by atoms with Gasteiger partial charge in [-0.2, -0.15) is 0 Å². The molecule has 14 heteroatoms. The zero-order valence-corrected chi connectivity index (χ0v) is 42.7. The first-order chi connectivity index (χ1) is 38.0. The van der Waals surface area contributed by atoms with Gasteiger partial charge in [0.05, 0.1) is 20.9 Å². The molecule has 0 saturated carbocycles. The van der Waals surface area contributed by atoms with E-state index in [2.05, 4.69) is 0 Å². The molecule has 0 atom stereocenters. The molecule has 0 saturated heterocycles. The first-order valence-corrected chi connectivity index (χ1v) is 26.3. The topological polar surface area (TPSA) is 173 Å². The molecule has 12 nitrogen and oxygen atoms in total. The van der Waals surface area contributed by atoms with E-state index in [0.717, 1.165) is 22.7 Å². The van der Waals surface area contributed by atoms with Crippen molar-refractivity contribution < 1.29 is 57.3 Å². The molecule has 4 aliphatic carbocycles. The van der Waals surface area contributed by atoms with Crippen LogP contribution in [0, 0.1) is 0 Å². The van der Waals surface area contributed by atoms with Gasteiger partial charge in [-0.05, 0) is 52.1 Å². The van der Waals surface area contributed by atoms with E-state index in [0.29, 0.717) is 32.0 Å². The van der Waals surface area contributed by atoms with Crippen LogP contribution < -0.4 is 0 Å². The quantitative estimate of drug-likeness (QED) is 0.0332. The molecule has 2 heterocycles. The minimum Gasteiger partial charge on any atom is -0.459 e. The van der Waals surface area contributed by atoms with Crippen LogP contribution in [0.15, 0.2) is 199 Å². The molecule has 0 fully saturated rings. The molecule has 0 aliphatic heterocycles. The van der Waals surface area contributed by atoms with E-state index in [4.69, 9.17) is 18.9 Å². The summed E-state index contributed by atoms with van der Waals surface area (Å²) >= 11 is 2.10. The molecule has 6 aromatic carbocycles. The third kappa shape index (κ3) is 8.03. The van der Waals surface area contributed by atoms with Gasteiger partial charge in [-0.1, -0.05) is 170 Å². The number of carbonyl (C=O) groups excluding carboxylic acids is 8. The molecule has 0 amide bonds. The summed E-state index contributed by atoms with van der Waals surface area (Å²) < 4.78 is 24.9. The summed E-state index contributed by atoms with van der Waals surface area (Å²) in [5.74, 6) is -7.01. The Bertz CT molecular complexity index is 3770. The number of fused-ring (bicyclic) bond motifs is 7. The smallest absolute Gasteiger partial charge is 0.333 e. The van der Waals surface area contributed by atoms with Crippen LogP contribution in [-0.2, 0) is 75.4 Å². The van der Waals surface area contributed by atoms with Gasteiger partial charge in [-0.15, -0.1) is 22.7 Å². The molecule has 2 aromatic heterocycles. The van der Waals surface area contributed by atoms with Crippen LogP contribution in [0.4, 0.5) is 0 Å². The predicted molar refractivity (Wildman–Crippen MR) is 289 cm³/mol. The third-order valence-electron chi connectivity index (χ3n) is 14.2. The van der Waals surface area contributed by atoms with Gasteiger partial charge in [0.2, 0.25) is 10.8 Å². The summed E-state index contributed by atoms with van der Waals surface area (Å²) in [4.78, 5) is 121. The highest BCUT2D eigenvalue weighted by atomic mass is 32.1. The van der Waals surface area contributed by atoms with Gasteiger partial charge in [0.1, 0.15) is 26.4 Å². The lowest BCUT2D eigenvalue weighted by Gasteiger charge is -2.33. The van der Waals surface area contributed by atoms with Crippen molar-refractivity contribution >= 4 is 81.8 Å². The van der Waals surface area contributed by atoms with E-state index >= 15 is 19.2 Å². The number of rotatable bonds is 14. The molecule has 0 N–H and O–H groups in total. The second kappa shape index (κ2) is 19.9. The molecule has 0 radical (unpaired) electrons. The Kier molecular flexibility index (Phi) is 12.6. The zero-order valence-electron chi connectivity index (χ0n) is 41.0. The lowest BCUT2D eigenvalue weighted by atomic mass is 9.69. The van der Waals surface area contributed by atoms with Gasteiger partial charge >= 0.3 is 23.9 Å². The average molecular weight is 1070 g/mol. The molecule has 0 unspecified atom stereocenters. The van der Waals surface area contributed by atoms with Crippen LogP contribution in [0.1, 0.15) is 90.1 Å². The Labute approximate surface area is 453 Å². The molecule has 0 spiro atoms. The fourth-order valence-corrected chi connectivity index (χ4v) is 13.2. The summed E-state index contributed by atoms with van der Waals surface area (Å²) in [5, 5.41) is 0. The Balaban J connectivity index is 1.12. The highest BCUT2D eigenvalue weighted by Gasteiger charge is 2.68. The number of hydrogen-bond donors (Lipinski definition) is 0. The van der Waals surface area contributed by atoms with Crippen LogP contribution >= 0.6 is 22.7 Å². The first-order valence-electron chi connectivity index (χ1n) is 24.7. The predicted octanol–water partition coefficient (Wildman–Crippen LogP) is 11.2. The van der Waals surface area contributed by atoms with Crippen LogP contribution in [-0.4, -0.2) is 47.0 Å². The number of hydrogen-bond acceptors (Lipinski definition) is 14. The summed E-state index contributed by atoms with van der Waals surface area (Å²) in [6.45, 7) is -1.40. The maximum atomic E-state index is 16.0. The Morgan fingerprint density at radius 2 is 0.744 bits per heavy atom. The van der Waals surface area contributed by atoms with Crippen LogP contribution in [0.3, 0.4) is 0 Å². The van der Waals surface area contributed by atoms with Crippen molar-refractivity contribution in [1.29, 1.82) is 0 Å². The summed E-state index contributed by atoms with van der Waals surface area (Å²) in [5.41, 5.74) is -3.49. The number of ketones is 4. The summed E-state index contributed by atoms with van der Waals surface area (Å²) in [6.07, 6.45) is 4.10. The van der Waals surface area contributed by atoms with Crippen molar-refractivity contribution in [3.8, 4) is 9.75 Å². The Hall–Kier alpha value is -9.50. The minimum atomic E-state index is -2.76. The Morgan fingerprint density at radius 3 is 1.13 bits per heavy atom. The summed E-state index contributed by atoms with van der Waals surface area (Å²) in [7, 11) is 0. The van der Waals surface area contributed by atoms with Gasteiger partial charge in [0.15, 0.2) is 23.1 Å². The number of ether oxygens (including phenoxy) is 4. The number of thiophene rings is 2. The Morgan fingerprint density at radius 1 is 0.397 bits per heavy atom. The van der Waals surface area contributed by atoms with E-state index in [1.54, 1.807) is 158 Å². The van der Waals surface area contributed by atoms with Crippen LogP contribution in [0.5, 0.6) is 0 Å². The maximum Gasteiger partial charge on any atom is 0.333 e. The van der Waals surface area contributed by atoms with Crippen molar-refractivity contribution in [2.75, 3.05) is 0 Å². The van der Waals surface area contributed by atoms with Crippen molar-refractivity contribution in [3.05, 3.63) is 270 Å². The van der Waals surface area contributed by atoms with Crippen molar-refractivity contribution in [2.45, 2.75) is 37.3 Å². The van der Waals surface area contributed by atoms with Crippen LogP contribution in [0.25, 0.3) is 21.9 Å². The molecular formula is C64H40O12S2. The molecular weight excluding hydrogens is 1020 g/mol. The van der Waals surface area contributed by atoms with Gasteiger partial charge in [0.25, 0.3) is 0 Å². The second-order valence-electron chi connectivity index (χ2n) is 18.8. The maximum absolute atomic E-state index is 16.0. The second-order valence-corrected chi connectivity index (χ2v) is 20.9. The SMILES string of the molecule is O=C1C(=CC2=Cc3sc4c(c3C2(C(=O)OCc2ccccc2)C(=O)OCc2ccccc2)C(C(=O)OCc2ccccc2)(C(=O)OCc2ccccc2)c2cc(C=C3C(=O)c5ccccc5C3=O)sc2-4)C(=O)c2ccccc21. The molecule has 0 bridgehead atoms. The zero-order chi connectivity index (χ0) is 53.7. The number of allylic oxidation sites excluding steroid dienone is 3. The molecule has 4 aliphatic rings. The van der Waals surface area contributed by atoms with Gasteiger partial charge < -0.3 is 18.9 Å². The summed E-state index contributed by atoms with van der Waals surface area (Å²) in [6, 6.07) is 49.1. The molecule has 78 heavy (non-hydrogen) atoms. The standard InChI is InChI=1S/C64H40O12S2/c65-53-43-25-13-14-26-44(43)54(66)47(53)29-41-30-50-51(63(41,59(69)73-33-37-17-5-1-6-18-37)60(70)74-34-38-19-7-2-8-20-38)52-58(78-50)57-49(32-42(77-57)31-48-55(67)45-27-15-16-28-46(45)56(48)68)64(52,61(71)75-35-39-21-9-3-10-22-39)62(72)76-36-40-23-11-4-12-24-40/h1-32H,33-36H2. The van der Waals surface area contributed by atoms with Gasteiger partial charge in [0, 0.05) is 48.7 Å². The fourth-order valence-electron chi connectivity index (χ4n) is 10.5. The molecule has 12 rings (SSSR count). The first kappa shape index (κ1) is 49.4. The van der Waals surface area contributed by atoms with Crippen molar-refractivity contribution in [3.63, 3.8) is 0 Å². The van der Waals surface area contributed by atoms with E-state index in [9.17, 15) is 19.2 Å². The largest absolute Gasteiger partial charge is 0.459 e. The normalized spacial score (nSPS) is 14.9. The van der Waals surface area contributed by atoms with E-state index in [1.807, 2.05) is 0 Å². The van der Waals surface area contributed by atoms with E-state index in [-0.39, 0.29) is 91.8 Å². The lowest BCUT2D eigenvalue weighted by Crippen LogP contribution is -2.51. The number of Topliss-reactive ketones (excluding diaryl/α,β-unsaturated/α-hetero) is 4. The van der Waals surface area contributed by atoms with Gasteiger partial charge in [-0.25, -0.2) is 0 Å². The fraction of sp³-hybridized carbons (Fsp3) is 0.0938. The number of carbonyl (C=O) groups is 8. The van der Waals surface area contributed by atoms with Crippen molar-refractivity contribution in [1.82, 2.24) is 0 Å². The lowest BCUT2D eigenvalue weighted by molar-refractivity contribution is -0.167. The third-order valence-corrected chi connectivity index (χ3v) is 16.6. The van der Waals surface area contributed by atoms with Gasteiger partial charge in [-0.3, -0.25) is 38.4 Å². The molecule has 8 aromatic rings. The highest BCUT2D eigenvalue weighted by molar-refractivity contribution is 7.23. The number of esters is 4. The van der Waals surface area contributed by atoms with Crippen LogP contribution in [0.2, 0.25) is 0 Å². The average Bonchev–Trinajstić information content (AvgIpc) is 4.49. The van der Waals surface area contributed by atoms with E-state index < -0.39 is 57.8 Å². The monoisotopic (exact) mass is 1060 g/mol. The minimum absolute atomic E-state index is 0.0301. The van der Waals surface area contributed by atoms with E-state index in [1.165, 1.54) is 36.4 Å². The highest BCUT2D eigenvalue weighted by Crippen LogP contribution is 2.64. The van der Waals surface area contributed by atoms with Crippen molar-refractivity contribution in [2.24, 2.45) is 0 Å². The molecule has 380 valence electrons.